The molecular formula is C22H22N2O2. The summed E-state index contributed by atoms with van der Waals surface area (Å²) in [5.74, 6) is 1.65. The van der Waals surface area contributed by atoms with Crippen molar-refractivity contribution in [2.75, 3.05) is 6.61 Å². The predicted molar refractivity (Wildman–Crippen MR) is 102 cm³/mol. The van der Waals surface area contributed by atoms with E-state index in [-0.39, 0.29) is 12.5 Å². The first-order chi connectivity index (χ1) is 12.8. The number of carbonyl (C=O) groups is 1. The summed E-state index contributed by atoms with van der Waals surface area (Å²) in [5.41, 5.74) is 6.01. The van der Waals surface area contributed by atoms with Crippen LogP contribution in [0.2, 0.25) is 0 Å². The van der Waals surface area contributed by atoms with Crippen LogP contribution < -0.4 is 10.2 Å². The average molecular weight is 346 g/mol. The molecule has 0 radical (unpaired) electrons. The lowest BCUT2D eigenvalue weighted by atomic mass is 9.74. The first-order valence-electron chi connectivity index (χ1n) is 9.06. The van der Waals surface area contributed by atoms with Gasteiger partial charge < -0.3 is 4.74 Å². The maximum Gasteiger partial charge on any atom is 0.277 e. The van der Waals surface area contributed by atoms with Gasteiger partial charge >= 0.3 is 0 Å². The molecule has 1 saturated carbocycles. The zero-order valence-corrected chi connectivity index (χ0v) is 14.6. The summed E-state index contributed by atoms with van der Waals surface area (Å²) in [6.45, 7) is -0.0328. The topological polar surface area (TPSA) is 50.7 Å². The van der Waals surface area contributed by atoms with E-state index in [2.05, 4.69) is 34.8 Å². The Morgan fingerprint density at radius 1 is 1.12 bits per heavy atom. The van der Waals surface area contributed by atoms with Crippen LogP contribution in [0.1, 0.15) is 24.0 Å². The highest BCUT2D eigenvalue weighted by atomic mass is 16.5. The van der Waals surface area contributed by atoms with Crippen LogP contribution in [0.25, 0.3) is 0 Å². The number of benzene rings is 2. The number of allylic oxidation sites excluding steroid dienone is 2. The molecule has 2 aromatic carbocycles. The van der Waals surface area contributed by atoms with E-state index in [1.165, 1.54) is 5.56 Å². The van der Waals surface area contributed by atoms with Crippen LogP contribution in [0.15, 0.2) is 71.9 Å². The third-order valence-electron chi connectivity index (χ3n) is 5.06. The first kappa shape index (κ1) is 16.6. The quantitative estimate of drug-likeness (QED) is 0.640. The van der Waals surface area contributed by atoms with Crippen LogP contribution in [0.4, 0.5) is 0 Å². The summed E-state index contributed by atoms with van der Waals surface area (Å²) in [6, 6.07) is 18.1. The molecule has 132 valence electrons. The minimum atomic E-state index is -0.221. The Kier molecular flexibility index (Phi) is 4.82. The van der Waals surface area contributed by atoms with Crippen LogP contribution in [0.3, 0.4) is 0 Å². The van der Waals surface area contributed by atoms with Gasteiger partial charge in [-0.25, -0.2) is 5.43 Å². The number of nitrogens with one attached hydrogen (secondary N) is 1. The molecular weight excluding hydrogens is 324 g/mol. The molecule has 0 unspecified atom stereocenters. The second-order valence-corrected chi connectivity index (χ2v) is 6.84. The van der Waals surface area contributed by atoms with E-state index in [4.69, 9.17) is 4.74 Å². The smallest absolute Gasteiger partial charge is 0.277 e. The Morgan fingerprint density at radius 2 is 1.92 bits per heavy atom. The van der Waals surface area contributed by atoms with Crippen LogP contribution in [0.5, 0.6) is 5.75 Å². The summed E-state index contributed by atoms with van der Waals surface area (Å²) in [6.07, 6.45) is 7.23. The number of ether oxygens (including phenoxy) is 1. The van der Waals surface area contributed by atoms with Gasteiger partial charge in [0.15, 0.2) is 6.61 Å². The van der Waals surface area contributed by atoms with Crippen molar-refractivity contribution in [3.63, 3.8) is 0 Å². The lowest BCUT2D eigenvalue weighted by Gasteiger charge is -2.31. The van der Waals surface area contributed by atoms with Gasteiger partial charge in [0, 0.05) is 18.1 Å². The van der Waals surface area contributed by atoms with E-state index in [0.717, 1.165) is 36.3 Å². The van der Waals surface area contributed by atoms with E-state index >= 15 is 0 Å². The number of hydrazone groups is 1. The number of hydrogen-bond donors (Lipinski definition) is 1. The van der Waals surface area contributed by atoms with Gasteiger partial charge in [0.25, 0.3) is 5.91 Å². The monoisotopic (exact) mass is 346 g/mol. The Hall–Kier alpha value is -2.88. The largest absolute Gasteiger partial charge is 0.483 e. The Labute approximate surface area is 153 Å². The van der Waals surface area contributed by atoms with Crippen molar-refractivity contribution in [1.82, 2.24) is 5.43 Å². The second kappa shape index (κ2) is 7.56. The molecule has 0 aliphatic heterocycles. The Bertz CT molecular complexity index is 842. The SMILES string of the molecule is O=C(COc1ccccc1Cc1ccccc1)N/N=C1/C[C@@H]2C=CC[C@@H]12. The number of fused-ring (bicyclic) bond motifs is 1. The molecule has 2 aliphatic carbocycles. The summed E-state index contributed by atoms with van der Waals surface area (Å²) in [5, 5.41) is 4.27. The molecule has 26 heavy (non-hydrogen) atoms. The average Bonchev–Trinajstić information content (AvgIpc) is 3.03. The zero-order chi connectivity index (χ0) is 17.8. The van der Waals surface area contributed by atoms with Crippen molar-refractivity contribution in [2.24, 2.45) is 16.9 Å². The number of hydrogen-bond acceptors (Lipinski definition) is 3. The minimum absolute atomic E-state index is 0.0328. The molecule has 0 spiro atoms. The number of rotatable bonds is 6. The van der Waals surface area contributed by atoms with Crippen molar-refractivity contribution >= 4 is 11.6 Å². The highest BCUT2D eigenvalue weighted by molar-refractivity contribution is 5.94. The van der Waals surface area contributed by atoms with E-state index in [9.17, 15) is 4.79 Å². The van der Waals surface area contributed by atoms with Gasteiger partial charge in [0.1, 0.15) is 5.75 Å². The van der Waals surface area contributed by atoms with Crippen molar-refractivity contribution < 1.29 is 9.53 Å². The van der Waals surface area contributed by atoms with E-state index in [1.54, 1.807) is 0 Å². The molecule has 1 N–H and O–H groups in total. The van der Waals surface area contributed by atoms with Crippen LogP contribution >= 0.6 is 0 Å². The van der Waals surface area contributed by atoms with Crippen LogP contribution in [0, 0.1) is 11.8 Å². The lowest BCUT2D eigenvalue weighted by Crippen LogP contribution is -2.36. The fourth-order valence-electron chi connectivity index (χ4n) is 3.58. The highest BCUT2D eigenvalue weighted by Crippen LogP contribution is 2.40. The number of para-hydroxylation sites is 1. The number of amides is 1. The van der Waals surface area contributed by atoms with Crippen LogP contribution in [-0.2, 0) is 11.2 Å². The van der Waals surface area contributed by atoms with Gasteiger partial charge in [-0.05, 0) is 36.0 Å². The summed E-state index contributed by atoms with van der Waals surface area (Å²) < 4.78 is 5.75. The normalized spacial score (nSPS) is 21.9. The third kappa shape index (κ3) is 3.69. The maximum absolute atomic E-state index is 12.1. The molecule has 1 fully saturated rings. The van der Waals surface area contributed by atoms with Gasteiger partial charge in [0.05, 0.1) is 0 Å². The molecule has 0 heterocycles. The molecule has 4 heteroatoms. The van der Waals surface area contributed by atoms with Crippen molar-refractivity contribution in [1.29, 1.82) is 0 Å². The Morgan fingerprint density at radius 3 is 2.77 bits per heavy atom. The molecule has 0 aromatic heterocycles. The lowest BCUT2D eigenvalue weighted by molar-refractivity contribution is -0.123. The van der Waals surface area contributed by atoms with Gasteiger partial charge in [-0.3, -0.25) is 4.79 Å². The zero-order valence-electron chi connectivity index (χ0n) is 14.6. The standard InChI is InChI=1S/C22H22N2O2/c25-22(24-23-20-14-17-10-6-11-19(17)20)15-26-21-12-5-4-9-18(21)13-16-7-2-1-3-8-16/h1-10,12,17,19H,11,13-15H2,(H,24,25)/b23-20-/t17-,19+/m0/s1. The number of nitrogens with zero attached hydrogens (tertiary/aromatic N) is 1. The molecule has 2 aromatic rings. The van der Waals surface area contributed by atoms with Crippen molar-refractivity contribution in [3.05, 3.63) is 77.9 Å². The fourth-order valence-corrected chi connectivity index (χ4v) is 3.58. The van der Waals surface area contributed by atoms with E-state index < -0.39 is 0 Å². The van der Waals surface area contributed by atoms with E-state index in [1.807, 2.05) is 42.5 Å². The first-order valence-corrected chi connectivity index (χ1v) is 9.06. The third-order valence-corrected chi connectivity index (χ3v) is 5.06. The molecule has 1 amide bonds. The molecule has 2 atom stereocenters. The maximum atomic E-state index is 12.1. The molecule has 4 nitrogen and oxygen atoms in total. The van der Waals surface area contributed by atoms with E-state index in [0.29, 0.717) is 11.8 Å². The predicted octanol–water partition coefficient (Wildman–Crippen LogP) is 3.72. The van der Waals surface area contributed by atoms with Gasteiger partial charge in [0.2, 0.25) is 0 Å². The van der Waals surface area contributed by atoms with Gasteiger partial charge in [-0.2, -0.15) is 5.10 Å². The van der Waals surface area contributed by atoms with Gasteiger partial charge in [-0.1, -0.05) is 60.7 Å². The summed E-state index contributed by atoms with van der Waals surface area (Å²) >= 11 is 0. The molecule has 0 bridgehead atoms. The van der Waals surface area contributed by atoms with Crippen molar-refractivity contribution in [3.8, 4) is 5.75 Å². The number of carbonyl (C=O) groups excluding carboxylic acids is 1. The van der Waals surface area contributed by atoms with Gasteiger partial charge in [-0.15, -0.1) is 0 Å². The minimum Gasteiger partial charge on any atom is -0.483 e. The van der Waals surface area contributed by atoms with Crippen molar-refractivity contribution in [2.45, 2.75) is 19.3 Å². The Balaban J connectivity index is 1.32. The molecule has 0 saturated heterocycles. The summed E-state index contributed by atoms with van der Waals surface area (Å²) in [7, 11) is 0. The molecule has 2 aliphatic rings. The van der Waals surface area contributed by atoms with Crippen LogP contribution in [-0.4, -0.2) is 18.2 Å². The second-order valence-electron chi connectivity index (χ2n) is 6.84. The fraction of sp³-hybridized carbons (Fsp3) is 0.273. The summed E-state index contributed by atoms with van der Waals surface area (Å²) in [4.78, 5) is 12.1. The highest BCUT2D eigenvalue weighted by Gasteiger charge is 2.37. The molecule has 4 rings (SSSR count).